The zero-order chi connectivity index (χ0) is 20.0. The van der Waals surface area contributed by atoms with Crippen LogP contribution in [0.4, 0.5) is 0 Å². The van der Waals surface area contributed by atoms with Gasteiger partial charge >= 0.3 is 0 Å². The molecule has 27 heavy (non-hydrogen) atoms. The number of rotatable bonds is 5. The summed E-state index contributed by atoms with van der Waals surface area (Å²) in [6.07, 6.45) is 3.29. The van der Waals surface area contributed by atoms with Crippen molar-refractivity contribution in [3.63, 3.8) is 0 Å². The van der Waals surface area contributed by atoms with Crippen LogP contribution in [0, 0.1) is 0 Å². The molecule has 0 aromatic carbocycles. The van der Waals surface area contributed by atoms with E-state index in [1.807, 2.05) is 19.9 Å². The minimum absolute atomic E-state index is 0.0525. The molecule has 3 N–H and O–H groups in total. The molecule has 6 heteroatoms. The molecule has 0 amide bonds. The van der Waals surface area contributed by atoms with Gasteiger partial charge in [-0.15, -0.1) is 0 Å². The van der Waals surface area contributed by atoms with Crippen LogP contribution in [-0.2, 0) is 14.3 Å². The van der Waals surface area contributed by atoms with E-state index in [0.29, 0.717) is 49.9 Å². The Labute approximate surface area is 160 Å². The largest absolute Gasteiger partial charge is 0.486 e. The van der Waals surface area contributed by atoms with Gasteiger partial charge in [0.15, 0.2) is 5.78 Å². The highest BCUT2D eigenvalue weighted by Gasteiger charge is 2.52. The molecule has 1 fully saturated rings. The van der Waals surface area contributed by atoms with Gasteiger partial charge in [0.25, 0.3) is 0 Å². The summed E-state index contributed by atoms with van der Waals surface area (Å²) in [4.78, 5) is 12.2. The van der Waals surface area contributed by atoms with Gasteiger partial charge in [0, 0.05) is 24.8 Å². The third kappa shape index (κ3) is 4.29. The molecule has 0 bridgehead atoms. The second kappa shape index (κ2) is 7.32. The summed E-state index contributed by atoms with van der Waals surface area (Å²) in [6.45, 7) is 7.17. The molecule has 6 nitrogen and oxygen atoms in total. The van der Waals surface area contributed by atoms with E-state index in [4.69, 9.17) is 9.47 Å². The van der Waals surface area contributed by atoms with Gasteiger partial charge in [-0.25, -0.2) is 0 Å². The van der Waals surface area contributed by atoms with Gasteiger partial charge < -0.3 is 24.8 Å². The molecule has 0 aromatic heterocycles. The summed E-state index contributed by atoms with van der Waals surface area (Å²) < 4.78 is 12.3. The first kappa shape index (κ1) is 20.5. The van der Waals surface area contributed by atoms with Crippen LogP contribution in [0.5, 0.6) is 0 Å². The van der Waals surface area contributed by atoms with Crippen molar-refractivity contribution in [2.45, 2.75) is 102 Å². The van der Waals surface area contributed by atoms with Crippen molar-refractivity contribution in [3.05, 3.63) is 23.0 Å². The number of carbonyl (C=O) groups is 1. The van der Waals surface area contributed by atoms with Crippen LogP contribution < -0.4 is 0 Å². The fourth-order valence-corrected chi connectivity index (χ4v) is 4.19. The normalized spacial score (nSPS) is 35.6. The maximum Gasteiger partial charge on any atom is 0.162 e. The molecule has 0 saturated carbocycles. The summed E-state index contributed by atoms with van der Waals surface area (Å²) >= 11 is 0. The van der Waals surface area contributed by atoms with Gasteiger partial charge in [-0.3, -0.25) is 4.79 Å². The highest BCUT2D eigenvalue weighted by molar-refractivity contribution is 5.97. The number of aliphatic hydroxyl groups excluding tert-OH is 2. The van der Waals surface area contributed by atoms with E-state index in [-0.39, 0.29) is 18.0 Å². The zero-order valence-corrected chi connectivity index (χ0v) is 16.7. The second-order valence-corrected chi connectivity index (χ2v) is 9.03. The van der Waals surface area contributed by atoms with Crippen molar-refractivity contribution in [3.8, 4) is 0 Å². The molecule has 5 atom stereocenters. The predicted molar refractivity (Wildman–Crippen MR) is 100.0 cm³/mol. The molecule has 0 spiro atoms. The fraction of sp³-hybridized carbons (Fsp3) is 0.762. The Morgan fingerprint density at radius 3 is 2.81 bits per heavy atom. The fourth-order valence-electron chi connectivity index (χ4n) is 4.19. The maximum absolute atomic E-state index is 12.2. The number of Topliss-reactive ketones (excluding diaryl/α,β-unsaturated/α-hetero) is 1. The lowest BCUT2D eigenvalue weighted by Crippen LogP contribution is -2.45. The zero-order valence-electron chi connectivity index (χ0n) is 16.7. The average Bonchev–Trinajstić information content (AvgIpc) is 2.88. The number of ketones is 1. The molecule has 2 aliphatic heterocycles. The average molecular weight is 380 g/mol. The van der Waals surface area contributed by atoms with Crippen LogP contribution in [0.3, 0.4) is 0 Å². The summed E-state index contributed by atoms with van der Waals surface area (Å²) in [5.41, 5.74) is 0.00883. The van der Waals surface area contributed by atoms with Gasteiger partial charge in [0.1, 0.15) is 23.6 Å². The van der Waals surface area contributed by atoms with E-state index in [0.717, 1.165) is 5.57 Å². The molecule has 3 aliphatic rings. The SMILES string of the molecule is CC(=CC1CC2(C)OC3=C(CC2O1)C(=O)CCC3O)CCC(O)C(C)(C)O. The molecule has 2 heterocycles. The number of hydrogen-bond donors (Lipinski definition) is 3. The first-order valence-corrected chi connectivity index (χ1v) is 9.86. The molecule has 0 aromatic rings. The number of fused-ring (bicyclic) bond motifs is 1. The lowest BCUT2D eigenvalue weighted by atomic mass is 9.82. The van der Waals surface area contributed by atoms with Crippen molar-refractivity contribution < 1.29 is 29.6 Å². The Balaban J connectivity index is 1.64. The van der Waals surface area contributed by atoms with Gasteiger partial charge in [-0.1, -0.05) is 11.6 Å². The van der Waals surface area contributed by atoms with Crippen LogP contribution in [0.15, 0.2) is 23.0 Å². The van der Waals surface area contributed by atoms with Gasteiger partial charge in [0.2, 0.25) is 0 Å². The van der Waals surface area contributed by atoms with Crippen molar-refractivity contribution in [2.75, 3.05) is 0 Å². The standard InChI is InChI=1S/C21H32O6/c1-12(5-8-17(24)20(2,3)25)9-13-11-21(4)18(26-13)10-14-15(22)6-7-16(23)19(14)27-21/h9,13,16-18,23-25H,5-8,10-11H2,1-4H3. The molecular weight excluding hydrogens is 348 g/mol. The lowest BCUT2D eigenvalue weighted by Gasteiger charge is -2.40. The Bertz CT molecular complexity index is 658. The predicted octanol–water partition coefficient (Wildman–Crippen LogP) is 2.16. The quantitative estimate of drug-likeness (QED) is 0.633. The first-order valence-electron chi connectivity index (χ1n) is 9.86. The maximum atomic E-state index is 12.2. The Morgan fingerprint density at radius 1 is 1.44 bits per heavy atom. The van der Waals surface area contributed by atoms with E-state index in [2.05, 4.69) is 0 Å². The second-order valence-electron chi connectivity index (χ2n) is 9.03. The molecule has 152 valence electrons. The van der Waals surface area contributed by atoms with Gasteiger partial charge in [-0.05, 0) is 47.0 Å². The van der Waals surface area contributed by atoms with Crippen molar-refractivity contribution in [1.29, 1.82) is 0 Å². The minimum Gasteiger partial charge on any atom is -0.486 e. The molecule has 0 radical (unpaired) electrons. The minimum atomic E-state index is -1.11. The van der Waals surface area contributed by atoms with E-state index in [1.165, 1.54) is 0 Å². The van der Waals surface area contributed by atoms with Crippen molar-refractivity contribution >= 4 is 5.78 Å². The van der Waals surface area contributed by atoms with Crippen LogP contribution in [-0.4, -0.2) is 56.7 Å². The highest BCUT2D eigenvalue weighted by Crippen LogP contribution is 2.46. The summed E-state index contributed by atoms with van der Waals surface area (Å²) in [5, 5.41) is 30.0. The molecule has 5 unspecified atom stereocenters. The first-order chi connectivity index (χ1) is 12.5. The van der Waals surface area contributed by atoms with E-state index in [9.17, 15) is 20.1 Å². The van der Waals surface area contributed by atoms with Crippen molar-refractivity contribution in [2.24, 2.45) is 0 Å². The molecule has 1 saturated heterocycles. The molecule has 1 aliphatic carbocycles. The van der Waals surface area contributed by atoms with Gasteiger partial charge in [-0.2, -0.15) is 0 Å². The Hall–Kier alpha value is -1.21. The molecular formula is C21H32O6. The number of allylic oxidation sites excluding steroid dienone is 1. The summed E-state index contributed by atoms with van der Waals surface area (Å²) in [5.74, 6) is 0.500. The number of ether oxygens (including phenoxy) is 2. The van der Waals surface area contributed by atoms with Crippen molar-refractivity contribution in [1.82, 2.24) is 0 Å². The molecule has 3 rings (SSSR count). The van der Waals surface area contributed by atoms with Gasteiger partial charge in [0.05, 0.1) is 17.8 Å². The van der Waals surface area contributed by atoms with E-state index in [1.54, 1.807) is 13.8 Å². The Morgan fingerprint density at radius 2 is 2.15 bits per heavy atom. The topological polar surface area (TPSA) is 96.2 Å². The van der Waals surface area contributed by atoms with Crippen LogP contribution in [0.2, 0.25) is 0 Å². The van der Waals surface area contributed by atoms with E-state index < -0.39 is 23.4 Å². The third-order valence-corrected chi connectivity index (χ3v) is 6.04. The summed E-state index contributed by atoms with van der Waals surface area (Å²) in [7, 11) is 0. The number of carbonyl (C=O) groups excluding carboxylic acids is 1. The van der Waals surface area contributed by atoms with Crippen LogP contribution in [0.1, 0.15) is 66.2 Å². The summed E-state index contributed by atoms with van der Waals surface area (Å²) in [6, 6.07) is 0. The number of aliphatic hydroxyl groups is 3. The van der Waals surface area contributed by atoms with E-state index >= 15 is 0 Å². The Kier molecular flexibility index (Phi) is 5.56. The third-order valence-electron chi connectivity index (χ3n) is 6.04. The smallest absolute Gasteiger partial charge is 0.162 e. The van der Waals surface area contributed by atoms with Crippen LogP contribution >= 0.6 is 0 Å². The number of hydrogen-bond acceptors (Lipinski definition) is 6. The lowest BCUT2D eigenvalue weighted by molar-refractivity contribution is -0.124. The highest BCUT2D eigenvalue weighted by atomic mass is 16.6. The van der Waals surface area contributed by atoms with Crippen LogP contribution in [0.25, 0.3) is 0 Å². The monoisotopic (exact) mass is 380 g/mol.